The van der Waals surface area contributed by atoms with Crippen molar-refractivity contribution < 1.29 is 9.53 Å². The average Bonchev–Trinajstić information content (AvgIpc) is 2.39. The van der Waals surface area contributed by atoms with Crippen LogP contribution >= 0.6 is 11.6 Å². The molecule has 0 fully saturated rings. The lowest BCUT2D eigenvalue weighted by Crippen LogP contribution is -2.20. The zero-order valence-corrected chi connectivity index (χ0v) is 11.1. The van der Waals surface area contributed by atoms with Crippen LogP contribution in [0.4, 0.5) is 0 Å². The fourth-order valence-corrected chi connectivity index (χ4v) is 1.99. The monoisotopic (exact) mass is 275 g/mol. The third-order valence-corrected chi connectivity index (χ3v) is 2.86. The SMILES string of the molecule is NC(=O)COc1ccc(Cl)cc1Cc1ccccc1. The van der Waals surface area contributed by atoms with Crippen LogP contribution in [0.3, 0.4) is 0 Å². The summed E-state index contributed by atoms with van der Waals surface area (Å²) in [6, 6.07) is 15.3. The van der Waals surface area contributed by atoms with Crippen LogP contribution < -0.4 is 10.5 Å². The molecule has 2 N–H and O–H groups in total. The molecule has 0 heterocycles. The maximum absolute atomic E-state index is 10.8. The largest absolute Gasteiger partial charge is 0.483 e. The second-order valence-electron chi connectivity index (χ2n) is 4.17. The molecule has 0 aliphatic carbocycles. The lowest BCUT2D eigenvalue weighted by Gasteiger charge is -2.11. The molecule has 98 valence electrons. The van der Waals surface area contributed by atoms with E-state index in [0.717, 1.165) is 11.1 Å². The van der Waals surface area contributed by atoms with Crippen molar-refractivity contribution >= 4 is 17.5 Å². The van der Waals surface area contributed by atoms with Crippen LogP contribution in [0.25, 0.3) is 0 Å². The summed E-state index contributed by atoms with van der Waals surface area (Å²) in [4.78, 5) is 10.8. The highest BCUT2D eigenvalue weighted by molar-refractivity contribution is 6.30. The molecule has 0 radical (unpaired) electrons. The van der Waals surface area contributed by atoms with Gasteiger partial charge in [0.1, 0.15) is 5.75 Å². The maximum Gasteiger partial charge on any atom is 0.255 e. The Morgan fingerprint density at radius 2 is 1.89 bits per heavy atom. The van der Waals surface area contributed by atoms with Crippen molar-refractivity contribution in [3.63, 3.8) is 0 Å². The number of halogens is 1. The molecule has 0 aliphatic rings. The van der Waals surface area contributed by atoms with Crippen molar-refractivity contribution in [3.8, 4) is 5.75 Å². The minimum absolute atomic E-state index is 0.135. The van der Waals surface area contributed by atoms with E-state index in [4.69, 9.17) is 22.1 Å². The Labute approximate surface area is 117 Å². The van der Waals surface area contributed by atoms with Gasteiger partial charge in [-0.05, 0) is 29.3 Å². The van der Waals surface area contributed by atoms with Crippen molar-refractivity contribution in [1.29, 1.82) is 0 Å². The number of primary amides is 1. The number of ether oxygens (including phenoxy) is 1. The summed E-state index contributed by atoms with van der Waals surface area (Å²) >= 11 is 6.00. The summed E-state index contributed by atoms with van der Waals surface area (Å²) in [7, 11) is 0. The molecule has 3 nitrogen and oxygen atoms in total. The summed E-state index contributed by atoms with van der Waals surface area (Å²) in [6.07, 6.45) is 0.690. The summed E-state index contributed by atoms with van der Waals surface area (Å²) < 4.78 is 5.39. The van der Waals surface area contributed by atoms with Gasteiger partial charge in [-0.1, -0.05) is 41.9 Å². The van der Waals surface area contributed by atoms with Crippen LogP contribution in [0.15, 0.2) is 48.5 Å². The van der Waals surface area contributed by atoms with Gasteiger partial charge >= 0.3 is 0 Å². The van der Waals surface area contributed by atoms with Gasteiger partial charge in [-0.3, -0.25) is 4.79 Å². The molecule has 0 bridgehead atoms. The van der Waals surface area contributed by atoms with Crippen LogP contribution in [-0.2, 0) is 11.2 Å². The summed E-state index contributed by atoms with van der Waals surface area (Å²) in [6.45, 7) is -0.135. The molecule has 0 spiro atoms. The highest BCUT2D eigenvalue weighted by Gasteiger charge is 2.07. The van der Waals surface area contributed by atoms with Crippen LogP contribution in [-0.4, -0.2) is 12.5 Å². The van der Waals surface area contributed by atoms with E-state index in [2.05, 4.69) is 0 Å². The molecular formula is C15H14ClNO2. The lowest BCUT2D eigenvalue weighted by molar-refractivity contribution is -0.119. The molecule has 0 saturated carbocycles. The zero-order chi connectivity index (χ0) is 13.7. The number of carbonyl (C=O) groups is 1. The third kappa shape index (κ3) is 4.00. The summed E-state index contributed by atoms with van der Waals surface area (Å²) in [5.41, 5.74) is 7.16. The highest BCUT2D eigenvalue weighted by Crippen LogP contribution is 2.25. The molecule has 0 atom stereocenters. The number of hydrogen-bond donors (Lipinski definition) is 1. The van der Waals surface area contributed by atoms with Gasteiger partial charge in [0, 0.05) is 11.4 Å². The Morgan fingerprint density at radius 1 is 1.16 bits per heavy atom. The van der Waals surface area contributed by atoms with Crippen LogP contribution in [0.5, 0.6) is 5.75 Å². The molecule has 2 rings (SSSR count). The molecule has 0 aromatic heterocycles. The minimum Gasteiger partial charge on any atom is -0.483 e. The lowest BCUT2D eigenvalue weighted by atomic mass is 10.0. The topological polar surface area (TPSA) is 52.3 Å². The van der Waals surface area contributed by atoms with E-state index in [9.17, 15) is 4.79 Å². The number of carbonyl (C=O) groups excluding carboxylic acids is 1. The van der Waals surface area contributed by atoms with Gasteiger partial charge in [0.2, 0.25) is 0 Å². The summed E-state index contributed by atoms with van der Waals surface area (Å²) in [5, 5.41) is 0.636. The second kappa shape index (κ2) is 6.25. The first-order chi connectivity index (χ1) is 9.15. The molecule has 0 unspecified atom stereocenters. The Hall–Kier alpha value is -2.00. The van der Waals surface area contributed by atoms with Crippen molar-refractivity contribution in [2.24, 2.45) is 5.73 Å². The van der Waals surface area contributed by atoms with E-state index in [0.29, 0.717) is 17.2 Å². The highest BCUT2D eigenvalue weighted by atomic mass is 35.5. The predicted molar refractivity (Wildman–Crippen MR) is 75.4 cm³/mol. The minimum atomic E-state index is -0.499. The van der Waals surface area contributed by atoms with Crippen molar-refractivity contribution in [3.05, 3.63) is 64.7 Å². The van der Waals surface area contributed by atoms with E-state index in [-0.39, 0.29) is 6.61 Å². The Kier molecular flexibility index (Phi) is 4.42. The van der Waals surface area contributed by atoms with E-state index in [1.807, 2.05) is 36.4 Å². The molecular weight excluding hydrogens is 262 g/mol. The van der Waals surface area contributed by atoms with Crippen LogP contribution in [0, 0.1) is 0 Å². The van der Waals surface area contributed by atoms with Crippen molar-refractivity contribution in [1.82, 2.24) is 0 Å². The normalized spacial score (nSPS) is 10.2. The van der Waals surface area contributed by atoms with Crippen molar-refractivity contribution in [2.45, 2.75) is 6.42 Å². The first-order valence-corrected chi connectivity index (χ1v) is 6.26. The molecule has 0 saturated heterocycles. The number of amides is 1. The van der Waals surface area contributed by atoms with Gasteiger partial charge in [-0.25, -0.2) is 0 Å². The van der Waals surface area contributed by atoms with Gasteiger partial charge in [0.25, 0.3) is 5.91 Å². The summed E-state index contributed by atoms with van der Waals surface area (Å²) in [5.74, 6) is 0.132. The van der Waals surface area contributed by atoms with E-state index in [1.54, 1.807) is 12.1 Å². The van der Waals surface area contributed by atoms with Gasteiger partial charge < -0.3 is 10.5 Å². The Bertz CT molecular complexity index is 570. The standard InChI is InChI=1S/C15H14ClNO2/c16-13-6-7-14(19-10-15(17)18)12(9-13)8-11-4-2-1-3-5-11/h1-7,9H,8,10H2,(H2,17,18). The smallest absolute Gasteiger partial charge is 0.255 e. The number of hydrogen-bond acceptors (Lipinski definition) is 2. The third-order valence-electron chi connectivity index (χ3n) is 2.63. The van der Waals surface area contributed by atoms with E-state index in [1.165, 1.54) is 0 Å². The Balaban J connectivity index is 2.22. The molecule has 0 aliphatic heterocycles. The maximum atomic E-state index is 10.8. The number of rotatable bonds is 5. The van der Waals surface area contributed by atoms with Crippen molar-refractivity contribution in [2.75, 3.05) is 6.61 Å². The molecule has 2 aromatic carbocycles. The number of benzene rings is 2. The number of nitrogens with two attached hydrogens (primary N) is 1. The fourth-order valence-electron chi connectivity index (χ4n) is 1.79. The van der Waals surface area contributed by atoms with Crippen LogP contribution in [0.2, 0.25) is 5.02 Å². The molecule has 1 amide bonds. The fraction of sp³-hybridized carbons (Fsp3) is 0.133. The van der Waals surface area contributed by atoms with Gasteiger partial charge in [-0.2, -0.15) is 0 Å². The van der Waals surface area contributed by atoms with Gasteiger partial charge in [0.15, 0.2) is 6.61 Å². The van der Waals surface area contributed by atoms with E-state index < -0.39 is 5.91 Å². The molecule has 4 heteroatoms. The van der Waals surface area contributed by atoms with E-state index >= 15 is 0 Å². The Morgan fingerprint density at radius 3 is 2.58 bits per heavy atom. The zero-order valence-electron chi connectivity index (χ0n) is 10.3. The quantitative estimate of drug-likeness (QED) is 0.912. The van der Waals surface area contributed by atoms with Gasteiger partial charge in [-0.15, -0.1) is 0 Å². The molecule has 2 aromatic rings. The average molecular weight is 276 g/mol. The predicted octanol–water partition coefficient (Wildman–Crippen LogP) is 2.79. The van der Waals surface area contributed by atoms with Crippen LogP contribution in [0.1, 0.15) is 11.1 Å². The van der Waals surface area contributed by atoms with Gasteiger partial charge in [0.05, 0.1) is 0 Å². The second-order valence-corrected chi connectivity index (χ2v) is 4.61. The molecule has 19 heavy (non-hydrogen) atoms. The first kappa shape index (κ1) is 13.4. The first-order valence-electron chi connectivity index (χ1n) is 5.88.